The van der Waals surface area contributed by atoms with Gasteiger partial charge in [0.2, 0.25) is 0 Å². The van der Waals surface area contributed by atoms with Crippen LogP contribution in [0.2, 0.25) is 0 Å². The summed E-state index contributed by atoms with van der Waals surface area (Å²) in [6, 6.07) is 24.9. The zero-order valence-corrected chi connectivity index (χ0v) is 35.3. The molecule has 0 aliphatic heterocycles. The molecule has 3 amide bonds. The van der Waals surface area contributed by atoms with Crippen LogP contribution in [0.3, 0.4) is 0 Å². The third-order valence-electron chi connectivity index (χ3n) is 9.13. The number of carboxylic acid groups (broad SMARTS) is 1. The van der Waals surface area contributed by atoms with E-state index in [4.69, 9.17) is 23.7 Å². The van der Waals surface area contributed by atoms with Gasteiger partial charge in [0, 0.05) is 36.0 Å². The van der Waals surface area contributed by atoms with Gasteiger partial charge in [0.15, 0.2) is 12.3 Å². The van der Waals surface area contributed by atoms with Gasteiger partial charge in [0.1, 0.15) is 35.0 Å². The number of alkyl carbamates (subject to hydrolysis) is 2. The van der Waals surface area contributed by atoms with Crippen LogP contribution < -0.4 is 25.4 Å². The van der Waals surface area contributed by atoms with E-state index in [2.05, 4.69) is 25.9 Å². The number of rotatable bonds is 15. The molecule has 62 heavy (non-hydrogen) atoms. The van der Waals surface area contributed by atoms with E-state index < -0.39 is 53.5 Å². The Balaban J connectivity index is 1.19. The quantitative estimate of drug-likeness (QED) is 0.0454. The zero-order chi connectivity index (χ0) is 44.6. The van der Waals surface area contributed by atoms with Gasteiger partial charge in [0.25, 0.3) is 5.91 Å². The maximum atomic E-state index is 13.9. The average Bonchev–Trinajstić information content (AvgIpc) is 3.53. The molecule has 0 fully saturated rings. The normalized spacial score (nSPS) is 12.1. The summed E-state index contributed by atoms with van der Waals surface area (Å²) in [7, 11) is 0. The summed E-state index contributed by atoms with van der Waals surface area (Å²) < 4.78 is 28.0. The Bertz CT molecular complexity index is 2450. The highest BCUT2D eigenvalue weighted by Gasteiger charge is 2.29. The molecule has 6 rings (SSSR count). The second-order valence-electron chi connectivity index (χ2n) is 16.3. The number of esters is 1. The number of hydrogen-bond donors (Lipinski definition) is 4. The van der Waals surface area contributed by atoms with Crippen LogP contribution >= 0.6 is 0 Å². The van der Waals surface area contributed by atoms with Crippen LogP contribution in [-0.4, -0.2) is 82.7 Å². The van der Waals surface area contributed by atoms with Gasteiger partial charge in [-0.25, -0.2) is 29.1 Å². The number of aromatic carboxylic acids is 1. The van der Waals surface area contributed by atoms with Crippen molar-refractivity contribution >= 4 is 46.6 Å². The minimum atomic E-state index is -1.36. The maximum absolute atomic E-state index is 13.9. The lowest BCUT2D eigenvalue weighted by atomic mass is 9.98. The Kier molecular flexibility index (Phi) is 13.6. The first-order valence-electron chi connectivity index (χ1n) is 20.0. The highest BCUT2D eigenvalue weighted by Crippen LogP contribution is 2.44. The van der Waals surface area contributed by atoms with E-state index in [9.17, 15) is 29.1 Å². The van der Waals surface area contributed by atoms with E-state index in [1.165, 1.54) is 18.2 Å². The summed E-state index contributed by atoms with van der Waals surface area (Å²) in [6.07, 6.45) is -0.871. The van der Waals surface area contributed by atoms with Crippen LogP contribution in [0, 0.1) is 0 Å². The Labute approximate surface area is 358 Å². The van der Waals surface area contributed by atoms with Crippen molar-refractivity contribution in [2.24, 2.45) is 0 Å². The third-order valence-corrected chi connectivity index (χ3v) is 9.13. The van der Waals surface area contributed by atoms with Gasteiger partial charge in [-0.15, -0.1) is 0 Å². The summed E-state index contributed by atoms with van der Waals surface area (Å²) in [5.41, 5.74) is 2.85. The van der Waals surface area contributed by atoms with Gasteiger partial charge in [-0.05, 0) is 82.3 Å². The first-order valence-corrected chi connectivity index (χ1v) is 20.0. The van der Waals surface area contributed by atoms with Crippen molar-refractivity contribution in [2.45, 2.75) is 71.6 Å². The number of carbonyl (C=O) groups excluding carboxylic acids is 4. The van der Waals surface area contributed by atoms with Crippen LogP contribution in [0.25, 0.3) is 22.0 Å². The number of carbonyl (C=O) groups is 5. The number of anilines is 1. The van der Waals surface area contributed by atoms with Crippen LogP contribution in [-0.2, 0) is 25.5 Å². The highest BCUT2D eigenvalue weighted by atomic mass is 16.6. The van der Waals surface area contributed by atoms with E-state index in [1.807, 2.05) is 48.5 Å². The molecule has 3 aromatic carbocycles. The Hall–Kier alpha value is -7.23. The van der Waals surface area contributed by atoms with Gasteiger partial charge in [-0.2, -0.15) is 0 Å². The molecular weight excluding hydrogens is 799 g/mol. The summed E-state index contributed by atoms with van der Waals surface area (Å²) in [5, 5.41) is 18.3. The number of carboxylic acids is 1. The number of hydrogen-bond acceptors (Lipinski definition) is 12. The van der Waals surface area contributed by atoms with E-state index in [1.54, 1.807) is 59.7 Å². The lowest BCUT2D eigenvalue weighted by Crippen LogP contribution is -2.33. The topological polar surface area (TPSA) is 214 Å². The number of ether oxygens (including phenoxy) is 5. The molecular formula is C46H49N5O11. The molecule has 1 aliphatic rings. The van der Waals surface area contributed by atoms with Crippen LogP contribution in [0.4, 0.5) is 15.3 Å². The molecule has 324 valence electrons. The second kappa shape index (κ2) is 19.0. The van der Waals surface area contributed by atoms with E-state index in [0.29, 0.717) is 11.8 Å². The number of pyridine rings is 2. The predicted molar refractivity (Wildman–Crippen MR) is 228 cm³/mol. The smallest absolute Gasteiger partial charge is 0.407 e. The number of benzene rings is 3. The molecule has 1 aliphatic carbocycles. The van der Waals surface area contributed by atoms with E-state index in [0.717, 1.165) is 22.3 Å². The molecule has 16 nitrogen and oxygen atoms in total. The summed E-state index contributed by atoms with van der Waals surface area (Å²) >= 11 is 0. The Morgan fingerprint density at radius 1 is 0.726 bits per heavy atom. The van der Waals surface area contributed by atoms with Crippen LogP contribution in [0.1, 0.15) is 91.7 Å². The Morgan fingerprint density at radius 3 is 2.06 bits per heavy atom. The molecule has 0 atom stereocenters. The van der Waals surface area contributed by atoms with Gasteiger partial charge < -0.3 is 44.7 Å². The van der Waals surface area contributed by atoms with Gasteiger partial charge in [-0.3, -0.25) is 4.79 Å². The highest BCUT2D eigenvalue weighted by molar-refractivity contribution is 6.09. The summed E-state index contributed by atoms with van der Waals surface area (Å²) in [4.78, 5) is 72.4. The standard InChI is InChI=1S/C46H49N5O11/c1-45(2,3)61-39(52)26-59-38-23-37(42(54)55)50-40-33(38)17-11-18-35(40)51-41(53)36-22-28(58-20-12-19-47-44(57)62-46(4,5)6)21-27(49-36)24-48-43(56)60-25-34-31-15-9-7-13-29(31)30-14-8-10-16-32(30)34/h7-11,13-18,21-23,34H,12,19-20,24-26H2,1-6H3,(H,47,57)(H,48,56)(H,51,53)(H,54,55). The van der Waals surface area contributed by atoms with Crippen LogP contribution in [0.5, 0.6) is 11.5 Å². The van der Waals surface area contributed by atoms with Gasteiger partial charge >= 0.3 is 24.1 Å². The fraction of sp³-hybridized carbons (Fsp3) is 0.326. The zero-order valence-electron chi connectivity index (χ0n) is 35.3. The van der Waals surface area contributed by atoms with E-state index >= 15 is 0 Å². The summed E-state index contributed by atoms with van der Waals surface area (Å²) in [6.45, 7) is 10.2. The molecule has 0 unspecified atom stereocenters. The number of amides is 3. The lowest BCUT2D eigenvalue weighted by molar-refractivity contribution is -0.157. The first-order chi connectivity index (χ1) is 29.4. The molecule has 4 N–H and O–H groups in total. The van der Waals surface area contributed by atoms with Crippen molar-refractivity contribution < 1.29 is 52.8 Å². The maximum Gasteiger partial charge on any atom is 0.407 e. The monoisotopic (exact) mass is 847 g/mol. The number of para-hydroxylation sites is 1. The molecule has 0 radical (unpaired) electrons. The molecule has 0 bridgehead atoms. The SMILES string of the molecule is CC(C)(C)OC(=O)COc1cc(C(=O)O)nc2c(NC(=O)c3cc(OCCCNC(=O)OC(C)(C)C)cc(CNC(=O)OCC4c5ccccc5-c5ccccc54)n3)cccc12. The summed E-state index contributed by atoms with van der Waals surface area (Å²) in [5.74, 6) is -2.61. The van der Waals surface area contributed by atoms with E-state index in [-0.39, 0.29) is 66.3 Å². The van der Waals surface area contributed by atoms with Crippen molar-refractivity contribution in [3.63, 3.8) is 0 Å². The van der Waals surface area contributed by atoms with Crippen molar-refractivity contribution in [2.75, 3.05) is 31.7 Å². The molecule has 0 spiro atoms. The number of aromatic nitrogens is 2. The van der Waals surface area contributed by atoms with Crippen molar-refractivity contribution in [1.82, 2.24) is 20.6 Å². The first kappa shape index (κ1) is 44.3. The third kappa shape index (κ3) is 11.7. The largest absolute Gasteiger partial charge is 0.493 e. The minimum Gasteiger partial charge on any atom is -0.493 e. The second-order valence-corrected chi connectivity index (χ2v) is 16.3. The van der Waals surface area contributed by atoms with Crippen molar-refractivity contribution in [3.05, 3.63) is 113 Å². The molecule has 0 saturated carbocycles. The fourth-order valence-electron chi connectivity index (χ4n) is 6.67. The van der Waals surface area contributed by atoms with Crippen molar-refractivity contribution in [1.29, 1.82) is 0 Å². The fourth-order valence-corrected chi connectivity index (χ4v) is 6.67. The predicted octanol–water partition coefficient (Wildman–Crippen LogP) is 7.63. The number of fused-ring (bicyclic) bond motifs is 4. The molecule has 0 saturated heterocycles. The Morgan fingerprint density at radius 2 is 1.40 bits per heavy atom. The van der Waals surface area contributed by atoms with Gasteiger partial charge in [-0.1, -0.05) is 54.6 Å². The number of nitrogens with zero attached hydrogens (tertiary/aromatic N) is 2. The molecule has 2 heterocycles. The number of nitrogens with one attached hydrogen (secondary N) is 3. The van der Waals surface area contributed by atoms with Crippen molar-refractivity contribution in [3.8, 4) is 22.6 Å². The minimum absolute atomic E-state index is 0.0330. The average molecular weight is 848 g/mol. The molecule has 2 aromatic heterocycles. The molecule has 5 aromatic rings. The van der Waals surface area contributed by atoms with Crippen LogP contribution in [0.15, 0.2) is 84.9 Å². The lowest BCUT2D eigenvalue weighted by Gasteiger charge is -2.20. The van der Waals surface area contributed by atoms with Gasteiger partial charge in [0.05, 0.1) is 30.0 Å². The molecule has 16 heteroatoms.